The number of alkyl halides is 2. The SMILES string of the molecule is CC(NC(=O)C1CC(F)(F)CN1)c1cnn(C)c1.Cl. The normalized spacial score (nSPS) is 22.6. The molecule has 8 heteroatoms. The average molecular weight is 295 g/mol. The maximum Gasteiger partial charge on any atom is 0.262 e. The Hall–Kier alpha value is -1.21. The Morgan fingerprint density at radius 2 is 2.37 bits per heavy atom. The minimum atomic E-state index is -2.79. The minimum absolute atomic E-state index is 0. The number of aryl methyl sites for hydroxylation is 1. The van der Waals surface area contributed by atoms with Crippen molar-refractivity contribution >= 4 is 18.3 Å². The molecule has 2 atom stereocenters. The van der Waals surface area contributed by atoms with Gasteiger partial charge in [-0.15, -0.1) is 12.4 Å². The second-order valence-electron chi connectivity index (χ2n) is 4.67. The molecule has 0 aliphatic carbocycles. The number of nitrogens with zero attached hydrogens (tertiary/aromatic N) is 2. The fourth-order valence-corrected chi connectivity index (χ4v) is 1.96. The molecule has 1 aromatic heterocycles. The highest BCUT2D eigenvalue weighted by Crippen LogP contribution is 2.25. The average Bonchev–Trinajstić information content (AvgIpc) is 2.84. The van der Waals surface area contributed by atoms with Crippen LogP contribution < -0.4 is 10.6 Å². The van der Waals surface area contributed by atoms with Gasteiger partial charge in [0.2, 0.25) is 5.91 Å². The molecule has 0 radical (unpaired) electrons. The minimum Gasteiger partial charge on any atom is -0.348 e. The van der Waals surface area contributed by atoms with E-state index in [0.717, 1.165) is 5.56 Å². The van der Waals surface area contributed by atoms with Crippen LogP contribution in [0.1, 0.15) is 24.9 Å². The molecule has 0 aromatic carbocycles. The number of halogens is 3. The summed E-state index contributed by atoms with van der Waals surface area (Å²) in [7, 11) is 1.77. The monoisotopic (exact) mass is 294 g/mol. The number of carbonyl (C=O) groups excluding carboxylic acids is 1. The highest BCUT2D eigenvalue weighted by molar-refractivity contribution is 5.85. The number of hydrogen-bond acceptors (Lipinski definition) is 3. The van der Waals surface area contributed by atoms with Gasteiger partial charge < -0.3 is 5.32 Å². The van der Waals surface area contributed by atoms with Gasteiger partial charge in [0.15, 0.2) is 0 Å². The van der Waals surface area contributed by atoms with Crippen LogP contribution in [0.2, 0.25) is 0 Å². The summed E-state index contributed by atoms with van der Waals surface area (Å²) in [5.74, 6) is -3.19. The molecule has 1 amide bonds. The molecule has 1 aromatic rings. The van der Waals surface area contributed by atoms with Crippen LogP contribution in [-0.4, -0.2) is 34.2 Å². The van der Waals surface area contributed by atoms with Crippen LogP contribution >= 0.6 is 12.4 Å². The predicted octanol–water partition coefficient (Wildman–Crippen LogP) is 1.02. The molecule has 108 valence electrons. The number of amides is 1. The molecule has 0 bridgehead atoms. The van der Waals surface area contributed by atoms with E-state index in [0.29, 0.717) is 0 Å². The summed E-state index contributed by atoms with van der Waals surface area (Å²) in [5, 5.41) is 9.22. The van der Waals surface area contributed by atoms with E-state index in [9.17, 15) is 13.6 Å². The van der Waals surface area contributed by atoms with Crippen LogP contribution in [0.25, 0.3) is 0 Å². The van der Waals surface area contributed by atoms with Crippen molar-refractivity contribution in [1.82, 2.24) is 20.4 Å². The van der Waals surface area contributed by atoms with Gasteiger partial charge in [-0.05, 0) is 6.92 Å². The van der Waals surface area contributed by atoms with Crippen molar-refractivity contribution in [2.24, 2.45) is 7.05 Å². The van der Waals surface area contributed by atoms with Crippen molar-refractivity contribution in [1.29, 1.82) is 0 Å². The molecule has 0 saturated carbocycles. The highest BCUT2D eigenvalue weighted by Gasteiger charge is 2.42. The summed E-state index contributed by atoms with van der Waals surface area (Å²) in [5.41, 5.74) is 0.843. The number of nitrogens with one attached hydrogen (secondary N) is 2. The Morgan fingerprint density at radius 1 is 1.68 bits per heavy atom. The van der Waals surface area contributed by atoms with Gasteiger partial charge in [0.1, 0.15) is 0 Å². The molecule has 2 rings (SSSR count). The summed E-state index contributed by atoms with van der Waals surface area (Å²) in [6, 6.07) is -1.07. The third-order valence-electron chi connectivity index (χ3n) is 3.01. The van der Waals surface area contributed by atoms with Crippen LogP contribution in [-0.2, 0) is 11.8 Å². The summed E-state index contributed by atoms with van der Waals surface area (Å²) < 4.78 is 27.6. The van der Waals surface area contributed by atoms with Gasteiger partial charge in [-0.2, -0.15) is 5.10 Å². The molecule has 2 N–H and O–H groups in total. The van der Waals surface area contributed by atoms with E-state index < -0.39 is 30.8 Å². The van der Waals surface area contributed by atoms with Crippen molar-refractivity contribution < 1.29 is 13.6 Å². The summed E-state index contributed by atoms with van der Waals surface area (Å²) in [6.45, 7) is 1.36. The molecule has 1 aliphatic rings. The van der Waals surface area contributed by atoms with E-state index in [2.05, 4.69) is 15.7 Å². The lowest BCUT2D eigenvalue weighted by molar-refractivity contribution is -0.124. The van der Waals surface area contributed by atoms with E-state index in [1.54, 1.807) is 31.0 Å². The number of hydrogen-bond donors (Lipinski definition) is 2. The van der Waals surface area contributed by atoms with Crippen molar-refractivity contribution in [2.75, 3.05) is 6.54 Å². The molecule has 1 saturated heterocycles. The molecule has 2 heterocycles. The predicted molar refractivity (Wildman–Crippen MR) is 68.4 cm³/mol. The summed E-state index contributed by atoms with van der Waals surface area (Å²) >= 11 is 0. The largest absolute Gasteiger partial charge is 0.348 e. The summed E-state index contributed by atoms with van der Waals surface area (Å²) in [4.78, 5) is 11.8. The zero-order valence-corrected chi connectivity index (χ0v) is 11.5. The standard InChI is InChI=1S/C11H16F2N4O.ClH/c1-7(8-4-15-17(2)5-8)16-10(18)9-3-11(12,13)6-14-9;/h4-5,7,9,14H,3,6H2,1-2H3,(H,16,18);1H. The Kier molecular flexibility index (Phi) is 4.86. The van der Waals surface area contributed by atoms with Gasteiger partial charge in [-0.1, -0.05) is 0 Å². The molecule has 19 heavy (non-hydrogen) atoms. The van der Waals surface area contributed by atoms with Crippen LogP contribution in [0.4, 0.5) is 8.78 Å². The molecular weight excluding hydrogens is 278 g/mol. The molecule has 0 spiro atoms. The fraction of sp³-hybridized carbons (Fsp3) is 0.636. The topological polar surface area (TPSA) is 59.0 Å². The van der Waals surface area contributed by atoms with Crippen molar-refractivity contribution in [3.63, 3.8) is 0 Å². The first-order valence-electron chi connectivity index (χ1n) is 5.77. The molecule has 1 aliphatic heterocycles. The third-order valence-corrected chi connectivity index (χ3v) is 3.01. The molecular formula is C11H17ClF2N4O. The zero-order chi connectivity index (χ0) is 13.3. The quantitative estimate of drug-likeness (QED) is 0.875. The first-order chi connectivity index (χ1) is 8.37. The maximum atomic E-state index is 13.0. The maximum absolute atomic E-state index is 13.0. The van der Waals surface area contributed by atoms with Crippen LogP contribution in [0.5, 0.6) is 0 Å². The summed E-state index contributed by atoms with van der Waals surface area (Å²) in [6.07, 6.45) is 2.97. The Labute approximate surface area is 116 Å². The third kappa shape index (κ3) is 3.87. The first kappa shape index (κ1) is 15.8. The lowest BCUT2D eigenvalue weighted by Gasteiger charge is -2.16. The number of rotatable bonds is 3. The van der Waals surface area contributed by atoms with E-state index in [-0.39, 0.29) is 18.4 Å². The van der Waals surface area contributed by atoms with Gasteiger partial charge in [0.25, 0.3) is 5.92 Å². The zero-order valence-electron chi connectivity index (χ0n) is 10.7. The van der Waals surface area contributed by atoms with Crippen molar-refractivity contribution in [3.05, 3.63) is 18.0 Å². The lowest BCUT2D eigenvalue weighted by Crippen LogP contribution is -2.41. The van der Waals surface area contributed by atoms with Crippen LogP contribution in [0.15, 0.2) is 12.4 Å². The Morgan fingerprint density at radius 3 is 2.84 bits per heavy atom. The van der Waals surface area contributed by atoms with Crippen molar-refractivity contribution in [3.8, 4) is 0 Å². The second kappa shape index (κ2) is 5.83. The van der Waals surface area contributed by atoms with Gasteiger partial charge in [-0.25, -0.2) is 8.78 Å². The lowest BCUT2D eigenvalue weighted by atomic mass is 10.1. The number of aromatic nitrogens is 2. The van der Waals surface area contributed by atoms with E-state index in [1.165, 1.54) is 0 Å². The van der Waals surface area contributed by atoms with Crippen LogP contribution in [0, 0.1) is 0 Å². The van der Waals surface area contributed by atoms with E-state index >= 15 is 0 Å². The van der Waals surface area contributed by atoms with Gasteiger partial charge in [-0.3, -0.25) is 14.8 Å². The second-order valence-corrected chi connectivity index (χ2v) is 4.67. The molecule has 5 nitrogen and oxygen atoms in total. The number of carbonyl (C=O) groups is 1. The molecule has 1 fully saturated rings. The first-order valence-corrected chi connectivity index (χ1v) is 5.77. The van der Waals surface area contributed by atoms with Gasteiger partial charge >= 0.3 is 0 Å². The molecule has 2 unspecified atom stereocenters. The van der Waals surface area contributed by atoms with Gasteiger partial charge in [0, 0.05) is 25.2 Å². The van der Waals surface area contributed by atoms with E-state index in [1.807, 2.05) is 0 Å². The Bertz CT molecular complexity index is 452. The van der Waals surface area contributed by atoms with Crippen molar-refractivity contribution in [2.45, 2.75) is 31.4 Å². The van der Waals surface area contributed by atoms with Crippen LogP contribution in [0.3, 0.4) is 0 Å². The smallest absolute Gasteiger partial charge is 0.262 e. The van der Waals surface area contributed by atoms with E-state index in [4.69, 9.17) is 0 Å². The van der Waals surface area contributed by atoms with Gasteiger partial charge in [0.05, 0.1) is 24.8 Å². The fourth-order valence-electron chi connectivity index (χ4n) is 1.96. The highest BCUT2D eigenvalue weighted by atomic mass is 35.5. The Balaban J connectivity index is 0.00000180.